The van der Waals surface area contributed by atoms with Crippen molar-refractivity contribution in [2.24, 2.45) is 11.8 Å². The molecule has 2 nitrogen and oxygen atoms in total. The van der Waals surface area contributed by atoms with Crippen LogP contribution in [0.25, 0.3) is 0 Å². The lowest BCUT2D eigenvalue weighted by Crippen LogP contribution is -2.30. The minimum Gasteiger partial charge on any atom is -0.382 e. The SMILES string of the molecule is CC1CCC(Nc2cccc(C#N)c2)CC1C. The number of rotatable bonds is 2. The van der Waals surface area contributed by atoms with E-state index in [1.54, 1.807) is 0 Å². The summed E-state index contributed by atoms with van der Waals surface area (Å²) in [5, 5.41) is 12.4. The second-order valence-corrected chi connectivity index (χ2v) is 5.30. The third-order valence-electron chi connectivity index (χ3n) is 3.96. The van der Waals surface area contributed by atoms with E-state index < -0.39 is 0 Å². The number of nitrogens with zero attached hydrogens (tertiary/aromatic N) is 1. The summed E-state index contributed by atoms with van der Waals surface area (Å²) in [5.41, 5.74) is 1.81. The first-order chi connectivity index (χ1) is 8.19. The number of anilines is 1. The lowest BCUT2D eigenvalue weighted by Gasteiger charge is -2.33. The van der Waals surface area contributed by atoms with E-state index in [-0.39, 0.29) is 0 Å². The van der Waals surface area contributed by atoms with Gasteiger partial charge in [0.15, 0.2) is 0 Å². The van der Waals surface area contributed by atoms with Gasteiger partial charge in [0.25, 0.3) is 0 Å². The van der Waals surface area contributed by atoms with Crippen LogP contribution in [0.1, 0.15) is 38.7 Å². The summed E-state index contributed by atoms with van der Waals surface area (Å²) in [5.74, 6) is 1.64. The lowest BCUT2D eigenvalue weighted by atomic mass is 9.79. The highest BCUT2D eigenvalue weighted by atomic mass is 14.9. The molecule has 1 fully saturated rings. The molecule has 3 unspecified atom stereocenters. The van der Waals surface area contributed by atoms with E-state index in [4.69, 9.17) is 5.26 Å². The first-order valence-corrected chi connectivity index (χ1v) is 6.45. The van der Waals surface area contributed by atoms with E-state index in [0.29, 0.717) is 6.04 Å². The monoisotopic (exact) mass is 228 g/mol. The fourth-order valence-electron chi connectivity index (χ4n) is 2.59. The van der Waals surface area contributed by atoms with Gasteiger partial charge in [0.05, 0.1) is 11.6 Å². The van der Waals surface area contributed by atoms with Gasteiger partial charge in [-0.05, 0) is 49.3 Å². The summed E-state index contributed by atoms with van der Waals surface area (Å²) in [6, 6.07) is 10.5. The fourth-order valence-corrected chi connectivity index (χ4v) is 2.59. The zero-order chi connectivity index (χ0) is 12.3. The van der Waals surface area contributed by atoms with Crippen LogP contribution in [-0.4, -0.2) is 6.04 Å². The largest absolute Gasteiger partial charge is 0.382 e. The van der Waals surface area contributed by atoms with Crippen LogP contribution in [0.3, 0.4) is 0 Å². The van der Waals surface area contributed by atoms with Crippen LogP contribution >= 0.6 is 0 Å². The maximum atomic E-state index is 8.87. The number of nitrogens with one attached hydrogen (secondary N) is 1. The second-order valence-electron chi connectivity index (χ2n) is 5.30. The van der Waals surface area contributed by atoms with Gasteiger partial charge in [-0.3, -0.25) is 0 Å². The molecule has 0 spiro atoms. The molecular formula is C15H20N2. The van der Waals surface area contributed by atoms with Gasteiger partial charge < -0.3 is 5.32 Å². The average molecular weight is 228 g/mol. The maximum Gasteiger partial charge on any atom is 0.0992 e. The molecule has 90 valence electrons. The molecule has 0 saturated heterocycles. The van der Waals surface area contributed by atoms with Crippen molar-refractivity contribution in [1.29, 1.82) is 5.26 Å². The Kier molecular flexibility index (Phi) is 3.68. The van der Waals surface area contributed by atoms with Crippen molar-refractivity contribution in [2.75, 3.05) is 5.32 Å². The maximum absolute atomic E-state index is 8.87. The molecule has 1 aromatic carbocycles. The van der Waals surface area contributed by atoms with Crippen LogP contribution in [0.4, 0.5) is 5.69 Å². The molecule has 1 aliphatic carbocycles. The average Bonchev–Trinajstić information content (AvgIpc) is 2.34. The van der Waals surface area contributed by atoms with Gasteiger partial charge in [-0.1, -0.05) is 19.9 Å². The molecule has 1 aliphatic rings. The summed E-state index contributed by atoms with van der Waals surface area (Å²) in [6.45, 7) is 4.68. The Labute approximate surface area is 104 Å². The number of hydrogen-bond acceptors (Lipinski definition) is 2. The Bertz CT molecular complexity index is 419. The standard InChI is InChI=1S/C15H20N2/c1-11-6-7-15(8-12(11)2)17-14-5-3-4-13(9-14)10-16/h3-5,9,11-12,15,17H,6-8H2,1-2H3. The van der Waals surface area contributed by atoms with Crippen molar-refractivity contribution in [2.45, 2.75) is 39.2 Å². The topological polar surface area (TPSA) is 35.8 Å². The molecular weight excluding hydrogens is 208 g/mol. The second kappa shape index (κ2) is 5.23. The van der Waals surface area contributed by atoms with E-state index in [2.05, 4.69) is 25.2 Å². The van der Waals surface area contributed by atoms with Crippen LogP contribution in [0.5, 0.6) is 0 Å². The first-order valence-electron chi connectivity index (χ1n) is 6.45. The van der Waals surface area contributed by atoms with E-state index in [0.717, 1.165) is 23.1 Å². The molecule has 2 rings (SSSR count). The highest BCUT2D eigenvalue weighted by Gasteiger charge is 2.24. The molecule has 1 N–H and O–H groups in total. The Balaban J connectivity index is 1.99. The molecule has 3 atom stereocenters. The number of nitriles is 1. The zero-order valence-corrected chi connectivity index (χ0v) is 10.6. The third-order valence-corrected chi connectivity index (χ3v) is 3.96. The summed E-state index contributed by atoms with van der Waals surface area (Å²) in [4.78, 5) is 0. The van der Waals surface area contributed by atoms with Crippen molar-refractivity contribution in [3.8, 4) is 6.07 Å². The van der Waals surface area contributed by atoms with Crippen molar-refractivity contribution in [3.63, 3.8) is 0 Å². The molecule has 1 aromatic rings. The van der Waals surface area contributed by atoms with Gasteiger partial charge in [0, 0.05) is 11.7 Å². The van der Waals surface area contributed by atoms with Crippen molar-refractivity contribution < 1.29 is 0 Å². The molecule has 0 bridgehead atoms. The van der Waals surface area contributed by atoms with E-state index >= 15 is 0 Å². The summed E-state index contributed by atoms with van der Waals surface area (Å²) >= 11 is 0. The van der Waals surface area contributed by atoms with Crippen LogP contribution < -0.4 is 5.32 Å². The normalized spacial score (nSPS) is 28.4. The molecule has 0 aliphatic heterocycles. The number of benzene rings is 1. The minimum absolute atomic E-state index is 0.565. The van der Waals surface area contributed by atoms with Gasteiger partial charge in [-0.15, -0.1) is 0 Å². The molecule has 0 amide bonds. The predicted molar refractivity (Wildman–Crippen MR) is 70.7 cm³/mol. The van der Waals surface area contributed by atoms with Gasteiger partial charge >= 0.3 is 0 Å². The van der Waals surface area contributed by atoms with Gasteiger partial charge in [0.1, 0.15) is 0 Å². The quantitative estimate of drug-likeness (QED) is 0.835. The van der Waals surface area contributed by atoms with E-state index in [9.17, 15) is 0 Å². The van der Waals surface area contributed by atoms with Crippen LogP contribution in [0.15, 0.2) is 24.3 Å². The first kappa shape index (κ1) is 12.0. The van der Waals surface area contributed by atoms with Crippen LogP contribution in [0, 0.1) is 23.2 Å². The third kappa shape index (κ3) is 3.00. The Hall–Kier alpha value is -1.49. The molecule has 17 heavy (non-hydrogen) atoms. The van der Waals surface area contributed by atoms with Crippen molar-refractivity contribution in [3.05, 3.63) is 29.8 Å². The van der Waals surface area contributed by atoms with Crippen molar-refractivity contribution >= 4 is 5.69 Å². The van der Waals surface area contributed by atoms with Crippen molar-refractivity contribution in [1.82, 2.24) is 0 Å². The Morgan fingerprint density at radius 1 is 1.24 bits per heavy atom. The van der Waals surface area contributed by atoms with Gasteiger partial charge in [0.2, 0.25) is 0 Å². The molecule has 0 aromatic heterocycles. The fraction of sp³-hybridized carbons (Fsp3) is 0.533. The smallest absolute Gasteiger partial charge is 0.0992 e. The van der Waals surface area contributed by atoms with Crippen LogP contribution in [-0.2, 0) is 0 Å². The zero-order valence-electron chi connectivity index (χ0n) is 10.6. The molecule has 1 saturated carbocycles. The van der Waals surface area contributed by atoms with Gasteiger partial charge in [-0.25, -0.2) is 0 Å². The van der Waals surface area contributed by atoms with Gasteiger partial charge in [-0.2, -0.15) is 5.26 Å². The van der Waals surface area contributed by atoms with Crippen LogP contribution in [0.2, 0.25) is 0 Å². The summed E-state index contributed by atoms with van der Waals surface area (Å²) in [7, 11) is 0. The Morgan fingerprint density at radius 2 is 2.06 bits per heavy atom. The molecule has 2 heteroatoms. The minimum atomic E-state index is 0.565. The summed E-state index contributed by atoms with van der Waals surface area (Å²) in [6.07, 6.45) is 3.77. The number of hydrogen-bond donors (Lipinski definition) is 1. The highest BCUT2D eigenvalue weighted by molar-refractivity contribution is 5.49. The highest BCUT2D eigenvalue weighted by Crippen LogP contribution is 2.31. The van der Waals surface area contributed by atoms with E-state index in [1.165, 1.54) is 19.3 Å². The molecule has 0 heterocycles. The Morgan fingerprint density at radius 3 is 2.76 bits per heavy atom. The lowest BCUT2D eigenvalue weighted by molar-refractivity contribution is 0.261. The van der Waals surface area contributed by atoms with E-state index in [1.807, 2.05) is 24.3 Å². The predicted octanol–water partition coefficient (Wildman–Crippen LogP) is 3.79. The summed E-state index contributed by atoms with van der Waals surface area (Å²) < 4.78 is 0. The molecule has 0 radical (unpaired) electrons.